The van der Waals surface area contributed by atoms with Crippen molar-refractivity contribution in [2.45, 2.75) is 32.9 Å². The summed E-state index contributed by atoms with van der Waals surface area (Å²) < 4.78 is 2.96. The Bertz CT molecular complexity index is 593. The fourth-order valence-corrected chi connectivity index (χ4v) is 3.38. The summed E-state index contributed by atoms with van der Waals surface area (Å²) in [5.74, 6) is 0. The second kappa shape index (κ2) is 7.63. The van der Waals surface area contributed by atoms with Crippen molar-refractivity contribution >= 4 is 39.1 Å². The van der Waals surface area contributed by atoms with Crippen LogP contribution in [0.15, 0.2) is 28.9 Å². The van der Waals surface area contributed by atoms with Crippen molar-refractivity contribution < 1.29 is 0 Å². The molecule has 0 saturated heterocycles. The normalized spacial score (nSPS) is 12.6. The molecule has 1 atom stereocenters. The van der Waals surface area contributed by atoms with E-state index in [2.05, 4.69) is 40.2 Å². The van der Waals surface area contributed by atoms with Gasteiger partial charge in [0.15, 0.2) is 0 Å². The number of benzene rings is 1. The fourth-order valence-electron chi connectivity index (χ4n) is 2.31. The van der Waals surface area contributed by atoms with E-state index in [0.29, 0.717) is 10.0 Å². The first-order valence-electron chi connectivity index (χ1n) is 6.97. The molecule has 21 heavy (non-hydrogen) atoms. The molecule has 0 aliphatic carbocycles. The highest BCUT2D eigenvalue weighted by molar-refractivity contribution is 9.10. The van der Waals surface area contributed by atoms with Gasteiger partial charge >= 0.3 is 0 Å². The number of aromatic nitrogens is 2. The lowest BCUT2D eigenvalue weighted by Crippen LogP contribution is -2.26. The van der Waals surface area contributed by atoms with Gasteiger partial charge in [-0.3, -0.25) is 4.68 Å². The third-order valence-electron chi connectivity index (χ3n) is 3.22. The third kappa shape index (κ3) is 4.01. The Labute approximate surface area is 143 Å². The molecule has 1 heterocycles. The second-order valence-corrected chi connectivity index (χ2v) is 6.51. The predicted molar refractivity (Wildman–Crippen MR) is 92.2 cm³/mol. The number of hydrogen-bond acceptors (Lipinski definition) is 2. The van der Waals surface area contributed by atoms with Gasteiger partial charge in [0.2, 0.25) is 0 Å². The maximum absolute atomic E-state index is 6.16. The second-order valence-electron chi connectivity index (χ2n) is 4.78. The van der Waals surface area contributed by atoms with Crippen LogP contribution in [0.4, 0.5) is 0 Å². The van der Waals surface area contributed by atoms with Crippen LogP contribution in [-0.4, -0.2) is 16.3 Å². The van der Waals surface area contributed by atoms with E-state index in [4.69, 9.17) is 23.2 Å². The molecule has 1 N–H and O–H groups in total. The smallest absolute Gasteiger partial charge is 0.0760 e. The highest BCUT2D eigenvalue weighted by Gasteiger charge is 2.21. The highest BCUT2D eigenvalue weighted by atomic mass is 79.9. The molecule has 0 amide bonds. The third-order valence-corrected chi connectivity index (χ3v) is 4.27. The summed E-state index contributed by atoms with van der Waals surface area (Å²) in [4.78, 5) is 0. The summed E-state index contributed by atoms with van der Waals surface area (Å²) >= 11 is 15.9. The van der Waals surface area contributed by atoms with Crippen LogP contribution < -0.4 is 5.32 Å². The molecule has 0 aliphatic rings. The molecule has 0 saturated carbocycles. The van der Waals surface area contributed by atoms with Crippen molar-refractivity contribution in [3.63, 3.8) is 0 Å². The van der Waals surface area contributed by atoms with Gasteiger partial charge in [-0.1, -0.05) is 30.1 Å². The zero-order valence-corrected chi connectivity index (χ0v) is 15.1. The average Bonchev–Trinajstić information content (AvgIpc) is 2.80. The van der Waals surface area contributed by atoms with Gasteiger partial charge in [0.25, 0.3) is 0 Å². The van der Waals surface area contributed by atoms with Crippen LogP contribution in [0.3, 0.4) is 0 Å². The van der Waals surface area contributed by atoms with Crippen molar-refractivity contribution in [1.29, 1.82) is 0 Å². The van der Waals surface area contributed by atoms with E-state index in [1.54, 1.807) is 6.07 Å². The molecule has 1 aromatic carbocycles. The van der Waals surface area contributed by atoms with Crippen molar-refractivity contribution in [1.82, 2.24) is 15.1 Å². The minimum absolute atomic E-state index is 0.00188. The summed E-state index contributed by atoms with van der Waals surface area (Å²) in [6, 6.07) is 5.63. The largest absolute Gasteiger partial charge is 0.305 e. The van der Waals surface area contributed by atoms with Crippen LogP contribution in [-0.2, 0) is 6.54 Å². The number of nitrogens with one attached hydrogen (secondary N) is 1. The van der Waals surface area contributed by atoms with Crippen molar-refractivity contribution in [3.8, 4) is 0 Å². The molecule has 6 heteroatoms. The van der Waals surface area contributed by atoms with Crippen LogP contribution in [0, 0.1) is 0 Å². The Morgan fingerprint density at radius 2 is 1.90 bits per heavy atom. The molecule has 114 valence electrons. The quantitative estimate of drug-likeness (QED) is 0.746. The molecule has 0 radical (unpaired) electrons. The van der Waals surface area contributed by atoms with Crippen molar-refractivity contribution in [2.24, 2.45) is 0 Å². The van der Waals surface area contributed by atoms with Crippen LogP contribution in [0.1, 0.15) is 37.6 Å². The first-order chi connectivity index (χ1) is 10.1. The minimum atomic E-state index is -0.00188. The predicted octanol–water partition coefficient (Wildman–Crippen LogP) is 5.06. The summed E-state index contributed by atoms with van der Waals surface area (Å²) in [5.41, 5.74) is 2.13. The van der Waals surface area contributed by atoms with Gasteiger partial charge in [-0.2, -0.15) is 5.10 Å². The monoisotopic (exact) mass is 389 g/mol. The Morgan fingerprint density at radius 3 is 2.48 bits per heavy atom. The zero-order valence-electron chi connectivity index (χ0n) is 12.0. The topological polar surface area (TPSA) is 29.9 Å². The summed E-state index contributed by atoms with van der Waals surface area (Å²) in [7, 11) is 0. The van der Waals surface area contributed by atoms with E-state index in [-0.39, 0.29) is 6.04 Å². The van der Waals surface area contributed by atoms with Gasteiger partial charge in [-0.15, -0.1) is 0 Å². The lowest BCUT2D eigenvalue weighted by atomic mass is 10.0. The Morgan fingerprint density at radius 1 is 1.24 bits per heavy atom. The molecule has 2 aromatic rings. The zero-order chi connectivity index (χ0) is 15.4. The molecule has 0 spiro atoms. The van der Waals surface area contributed by atoms with Gasteiger partial charge < -0.3 is 5.32 Å². The fraction of sp³-hybridized carbons (Fsp3) is 0.400. The van der Waals surface area contributed by atoms with Gasteiger partial charge in [0, 0.05) is 16.6 Å². The number of nitrogens with zero attached hydrogens (tertiary/aromatic N) is 2. The maximum atomic E-state index is 6.16. The van der Waals surface area contributed by atoms with E-state index >= 15 is 0 Å². The van der Waals surface area contributed by atoms with E-state index < -0.39 is 0 Å². The van der Waals surface area contributed by atoms with Crippen LogP contribution in [0.2, 0.25) is 10.0 Å². The van der Waals surface area contributed by atoms with E-state index in [1.807, 2.05) is 23.0 Å². The molecular formula is C15H18BrCl2N3. The number of aryl methyl sites for hydroxylation is 1. The molecule has 0 aliphatic heterocycles. The highest BCUT2D eigenvalue weighted by Crippen LogP contribution is 2.31. The first-order valence-corrected chi connectivity index (χ1v) is 8.52. The first kappa shape index (κ1) is 16.8. The summed E-state index contributed by atoms with van der Waals surface area (Å²) in [6.07, 6.45) is 2.87. The van der Waals surface area contributed by atoms with Crippen LogP contribution in [0.5, 0.6) is 0 Å². The molecule has 0 fully saturated rings. The molecule has 1 aromatic heterocycles. The van der Waals surface area contributed by atoms with Gasteiger partial charge in [0.1, 0.15) is 0 Å². The van der Waals surface area contributed by atoms with Gasteiger partial charge in [0.05, 0.1) is 22.4 Å². The Kier molecular flexibility index (Phi) is 6.11. The van der Waals surface area contributed by atoms with Crippen molar-refractivity contribution in [3.05, 3.63) is 50.2 Å². The van der Waals surface area contributed by atoms with Crippen molar-refractivity contribution in [2.75, 3.05) is 6.54 Å². The summed E-state index contributed by atoms with van der Waals surface area (Å²) in [6.45, 7) is 5.92. The molecular weight excluding hydrogens is 373 g/mol. The number of halogens is 3. The Balaban J connectivity index is 2.49. The molecule has 0 bridgehead atoms. The Hall–Kier alpha value is -0.550. The standard InChI is InChI=1S/C15H18BrCl2N3/c1-3-5-19-14(10-6-11(17)8-12(18)7-10)15-13(16)9-20-21(15)4-2/h6-9,14,19H,3-5H2,1-2H3. The van der Waals surface area contributed by atoms with Gasteiger partial charge in [-0.25, -0.2) is 0 Å². The van der Waals surface area contributed by atoms with Crippen LogP contribution >= 0.6 is 39.1 Å². The van der Waals surface area contributed by atoms with Gasteiger partial charge in [-0.05, 0) is 59.6 Å². The lowest BCUT2D eigenvalue weighted by molar-refractivity contribution is 0.528. The average molecular weight is 391 g/mol. The lowest BCUT2D eigenvalue weighted by Gasteiger charge is -2.21. The maximum Gasteiger partial charge on any atom is 0.0760 e. The van der Waals surface area contributed by atoms with E-state index in [1.165, 1.54) is 0 Å². The minimum Gasteiger partial charge on any atom is -0.305 e. The molecule has 2 rings (SSSR count). The van der Waals surface area contributed by atoms with E-state index in [0.717, 1.165) is 35.2 Å². The molecule has 3 nitrogen and oxygen atoms in total. The summed E-state index contributed by atoms with van der Waals surface area (Å²) in [5, 5.41) is 9.22. The number of hydrogen-bond donors (Lipinski definition) is 1. The SMILES string of the molecule is CCCNC(c1cc(Cl)cc(Cl)c1)c1c(Br)cnn1CC. The van der Waals surface area contributed by atoms with Crippen LogP contribution in [0.25, 0.3) is 0 Å². The number of rotatable bonds is 6. The van der Waals surface area contributed by atoms with E-state index in [9.17, 15) is 0 Å². The molecule has 1 unspecified atom stereocenters.